The Morgan fingerprint density at radius 3 is 2.50 bits per heavy atom. The van der Waals surface area contributed by atoms with Crippen molar-refractivity contribution in [3.8, 4) is 5.75 Å². The Hall–Kier alpha value is -3.00. The van der Waals surface area contributed by atoms with E-state index in [1.54, 1.807) is 42.1 Å². The van der Waals surface area contributed by atoms with Gasteiger partial charge in [-0.1, -0.05) is 31.0 Å². The number of hydrogen-bond acceptors (Lipinski definition) is 6. The molecule has 8 heteroatoms. The van der Waals surface area contributed by atoms with E-state index >= 15 is 0 Å². The molecule has 1 saturated heterocycles. The number of nitrogens with one attached hydrogen (secondary N) is 1. The van der Waals surface area contributed by atoms with Crippen LogP contribution >= 0.6 is 11.8 Å². The second kappa shape index (κ2) is 8.79. The number of benzene rings is 1. The second-order valence-corrected chi connectivity index (χ2v) is 8.50. The minimum Gasteiger partial charge on any atom is -0.497 e. The standard InChI is InChI=1S/C22H22N2O5S/c1-28-15-9-7-14(8-10-15)24-21(26)18(20(25)23-22(24)27)13-16-11-12-19(29-16)30-17-5-3-2-4-6-17/h7-13,17H,2-6H2,1H3,(H,23,25,27). The van der Waals surface area contributed by atoms with Crippen LogP contribution in [0.2, 0.25) is 0 Å². The Kier molecular flexibility index (Phi) is 5.94. The Bertz CT molecular complexity index is 989. The smallest absolute Gasteiger partial charge is 0.335 e. The van der Waals surface area contributed by atoms with Gasteiger partial charge in [0.25, 0.3) is 11.8 Å². The summed E-state index contributed by atoms with van der Waals surface area (Å²) < 4.78 is 10.9. The van der Waals surface area contributed by atoms with Crippen LogP contribution in [0.4, 0.5) is 10.5 Å². The number of anilines is 1. The summed E-state index contributed by atoms with van der Waals surface area (Å²) in [6.07, 6.45) is 7.47. The first-order valence-corrected chi connectivity index (χ1v) is 10.7. The highest BCUT2D eigenvalue weighted by Crippen LogP contribution is 2.35. The fourth-order valence-corrected chi connectivity index (χ4v) is 4.78. The van der Waals surface area contributed by atoms with E-state index in [2.05, 4.69) is 5.32 Å². The van der Waals surface area contributed by atoms with Gasteiger partial charge in [-0.15, -0.1) is 0 Å². The molecule has 30 heavy (non-hydrogen) atoms. The Labute approximate surface area is 178 Å². The minimum atomic E-state index is -0.791. The molecule has 156 valence electrons. The van der Waals surface area contributed by atoms with Gasteiger partial charge >= 0.3 is 6.03 Å². The van der Waals surface area contributed by atoms with Crippen LogP contribution in [-0.4, -0.2) is 30.2 Å². The van der Waals surface area contributed by atoms with Crippen molar-refractivity contribution in [3.63, 3.8) is 0 Å². The Balaban J connectivity index is 1.54. The summed E-state index contributed by atoms with van der Waals surface area (Å²) >= 11 is 1.69. The number of amides is 4. The van der Waals surface area contributed by atoms with Crippen molar-refractivity contribution in [2.45, 2.75) is 42.4 Å². The fourth-order valence-electron chi connectivity index (χ4n) is 3.59. The molecule has 1 aromatic heterocycles. The molecular formula is C22H22N2O5S. The zero-order valence-electron chi connectivity index (χ0n) is 16.6. The van der Waals surface area contributed by atoms with Gasteiger partial charge in [0.2, 0.25) is 0 Å². The van der Waals surface area contributed by atoms with Crippen LogP contribution in [0, 0.1) is 0 Å². The van der Waals surface area contributed by atoms with Gasteiger partial charge in [-0.05, 0) is 55.3 Å². The van der Waals surface area contributed by atoms with Crippen LogP contribution in [0.25, 0.3) is 6.08 Å². The predicted molar refractivity (Wildman–Crippen MR) is 113 cm³/mol. The second-order valence-electron chi connectivity index (χ2n) is 7.19. The number of methoxy groups -OCH3 is 1. The average molecular weight is 426 g/mol. The molecule has 1 N–H and O–H groups in total. The van der Waals surface area contributed by atoms with Crippen LogP contribution in [-0.2, 0) is 9.59 Å². The lowest BCUT2D eigenvalue weighted by molar-refractivity contribution is -0.122. The summed E-state index contributed by atoms with van der Waals surface area (Å²) in [6.45, 7) is 0. The maximum absolute atomic E-state index is 12.9. The molecule has 2 heterocycles. The first kappa shape index (κ1) is 20.3. The lowest BCUT2D eigenvalue weighted by atomic mass is 10.0. The molecule has 1 saturated carbocycles. The van der Waals surface area contributed by atoms with Crippen molar-refractivity contribution in [2.24, 2.45) is 0 Å². The molecule has 0 bridgehead atoms. The monoisotopic (exact) mass is 426 g/mol. The lowest BCUT2D eigenvalue weighted by Crippen LogP contribution is -2.54. The topological polar surface area (TPSA) is 88.8 Å². The van der Waals surface area contributed by atoms with Gasteiger partial charge in [0.1, 0.15) is 17.1 Å². The number of urea groups is 1. The summed E-state index contributed by atoms with van der Waals surface area (Å²) in [4.78, 5) is 38.4. The molecule has 4 rings (SSSR count). The summed E-state index contributed by atoms with van der Waals surface area (Å²) in [6, 6.07) is 9.22. The molecule has 0 radical (unpaired) electrons. The fraction of sp³-hybridized carbons (Fsp3) is 0.318. The van der Waals surface area contributed by atoms with E-state index < -0.39 is 17.8 Å². The molecule has 4 amide bonds. The van der Waals surface area contributed by atoms with Crippen LogP contribution in [0.1, 0.15) is 37.9 Å². The first-order chi connectivity index (χ1) is 14.5. The van der Waals surface area contributed by atoms with Gasteiger partial charge in [0.15, 0.2) is 5.09 Å². The normalized spacial score (nSPS) is 19.3. The molecule has 7 nitrogen and oxygen atoms in total. The quantitative estimate of drug-likeness (QED) is 0.564. The van der Waals surface area contributed by atoms with Crippen molar-refractivity contribution in [1.29, 1.82) is 0 Å². The molecule has 1 aliphatic heterocycles. The lowest BCUT2D eigenvalue weighted by Gasteiger charge is -2.26. The van der Waals surface area contributed by atoms with Crippen LogP contribution in [0.5, 0.6) is 5.75 Å². The van der Waals surface area contributed by atoms with Gasteiger partial charge in [0, 0.05) is 5.25 Å². The zero-order chi connectivity index (χ0) is 21.1. The molecule has 1 aliphatic carbocycles. The van der Waals surface area contributed by atoms with Crippen molar-refractivity contribution in [2.75, 3.05) is 12.0 Å². The summed E-state index contributed by atoms with van der Waals surface area (Å²) in [5.74, 6) is -0.454. The molecule has 0 unspecified atom stereocenters. The van der Waals surface area contributed by atoms with Crippen molar-refractivity contribution in [1.82, 2.24) is 5.32 Å². The molecule has 0 spiro atoms. The number of imide groups is 2. The zero-order valence-corrected chi connectivity index (χ0v) is 17.4. The number of carbonyl (C=O) groups is 3. The maximum Gasteiger partial charge on any atom is 0.335 e. The molecule has 2 fully saturated rings. The number of hydrogen-bond donors (Lipinski definition) is 1. The highest BCUT2D eigenvalue weighted by Gasteiger charge is 2.37. The largest absolute Gasteiger partial charge is 0.497 e. The third-order valence-corrected chi connectivity index (χ3v) is 6.41. The molecule has 1 aromatic carbocycles. The predicted octanol–water partition coefficient (Wildman–Crippen LogP) is 4.38. The number of nitrogens with zero attached hydrogens (tertiary/aromatic N) is 1. The highest BCUT2D eigenvalue weighted by atomic mass is 32.2. The number of carbonyl (C=O) groups excluding carboxylic acids is 3. The average Bonchev–Trinajstić information content (AvgIpc) is 3.19. The van der Waals surface area contributed by atoms with Gasteiger partial charge in [-0.25, -0.2) is 9.69 Å². The molecular weight excluding hydrogens is 404 g/mol. The number of ether oxygens (including phenoxy) is 1. The van der Waals surface area contributed by atoms with E-state index in [-0.39, 0.29) is 5.57 Å². The molecule has 2 aliphatic rings. The summed E-state index contributed by atoms with van der Waals surface area (Å²) in [5, 5.41) is 3.51. The van der Waals surface area contributed by atoms with Gasteiger partial charge < -0.3 is 9.15 Å². The van der Waals surface area contributed by atoms with Crippen molar-refractivity contribution in [3.05, 3.63) is 47.7 Å². The highest BCUT2D eigenvalue weighted by molar-refractivity contribution is 7.99. The summed E-state index contributed by atoms with van der Waals surface area (Å²) in [7, 11) is 1.53. The minimum absolute atomic E-state index is 0.158. The molecule has 0 atom stereocenters. The Morgan fingerprint density at radius 2 is 1.80 bits per heavy atom. The van der Waals surface area contributed by atoms with Gasteiger partial charge in [0.05, 0.1) is 12.8 Å². The van der Waals surface area contributed by atoms with Crippen LogP contribution in [0.15, 0.2) is 51.5 Å². The Morgan fingerprint density at radius 1 is 1.07 bits per heavy atom. The van der Waals surface area contributed by atoms with E-state index in [0.717, 1.165) is 9.99 Å². The number of furan rings is 1. The van der Waals surface area contributed by atoms with Gasteiger partial charge in [-0.2, -0.15) is 0 Å². The van der Waals surface area contributed by atoms with Crippen LogP contribution < -0.4 is 15.0 Å². The van der Waals surface area contributed by atoms with Crippen LogP contribution in [0.3, 0.4) is 0 Å². The van der Waals surface area contributed by atoms with E-state index in [4.69, 9.17) is 9.15 Å². The van der Waals surface area contributed by atoms with E-state index in [9.17, 15) is 14.4 Å². The van der Waals surface area contributed by atoms with Crippen molar-refractivity contribution >= 4 is 41.4 Å². The summed E-state index contributed by atoms with van der Waals surface area (Å²) in [5.41, 5.74) is 0.179. The number of thioether (sulfide) groups is 1. The maximum atomic E-state index is 12.9. The number of barbiturate groups is 1. The SMILES string of the molecule is COc1ccc(N2C(=O)NC(=O)C(=Cc3ccc(SC4CCCCC4)o3)C2=O)cc1. The molecule has 2 aromatic rings. The van der Waals surface area contributed by atoms with E-state index in [1.807, 2.05) is 6.07 Å². The van der Waals surface area contributed by atoms with Gasteiger partial charge in [-0.3, -0.25) is 14.9 Å². The number of rotatable bonds is 5. The van der Waals surface area contributed by atoms with E-state index in [1.165, 1.54) is 45.3 Å². The van der Waals surface area contributed by atoms with E-state index in [0.29, 0.717) is 22.4 Å². The third-order valence-electron chi connectivity index (χ3n) is 5.16. The van der Waals surface area contributed by atoms with Crippen molar-refractivity contribution < 1.29 is 23.5 Å². The third kappa shape index (κ3) is 4.28. The first-order valence-electron chi connectivity index (χ1n) is 9.87.